The Kier molecular flexibility index (Phi) is 5.31. The number of aromatic nitrogens is 1. The molecule has 0 atom stereocenters. The lowest BCUT2D eigenvalue weighted by atomic mass is 10.1. The largest absolute Gasteiger partial charge is 0.349 e. The molecule has 27 heavy (non-hydrogen) atoms. The maximum atomic E-state index is 12.4. The van der Waals surface area contributed by atoms with Gasteiger partial charge in [0, 0.05) is 22.7 Å². The Morgan fingerprint density at radius 1 is 1.00 bits per heavy atom. The second kappa shape index (κ2) is 8.02. The average molecular weight is 398 g/mol. The lowest BCUT2D eigenvalue weighted by Gasteiger charge is -2.12. The zero-order valence-corrected chi connectivity index (χ0v) is 16.2. The van der Waals surface area contributed by atoms with E-state index in [1.54, 1.807) is 41.0 Å². The van der Waals surface area contributed by atoms with E-state index in [2.05, 4.69) is 15.6 Å². The third-order valence-corrected chi connectivity index (χ3v) is 6.45. The first-order chi connectivity index (χ1) is 13.2. The Morgan fingerprint density at radius 2 is 1.78 bits per heavy atom. The van der Waals surface area contributed by atoms with E-state index in [0.717, 1.165) is 22.7 Å². The number of thiazole rings is 1. The van der Waals surface area contributed by atoms with Gasteiger partial charge in [0.05, 0.1) is 4.88 Å². The van der Waals surface area contributed by atoms with Crippen molar-refractivity contribution in [2.24, 2.45) is 0 Å². The number of carbonyl (C=O) groups excluding carboxylic acids is 2. The average Bonchev–Trinajstić information content (AvgIpc) is 3.43. The predicted octanol–water partition coefficient (Wildman–Crippen LogP) is 4.80. The Labute approximate surface area is 165 Å². The van der Waals surface area contributed by atoms with E-state index in [4.69, 9.17) is 0 Å². The van der Waals surface area contributed by atoms with Crippen LogP contribution < -0.4 is 10.6 Å². The van der Waals surface area contributed by atoms with Gasteiger partial charge in [-0.2, -0.15) is 0 Å². The molecule has 1 saturated carbocycles. The number of hydrogen-bond acceptors (Lipinski definition) is 5. The van der Waals surface area contributed by atoms with Gasteiger partial charge in [0.2, 0.25) is 0 Å². The summed E-state index contributed by atoms with van der Waals surface area (Å²) in [6.45, 7) is 0. The molecule has 2 N–H and O–H groups in total. The summed E-state index contributed by atoms with van der Waals surface area (Å²) in [5.41, 5.74) is 1.64. The highest BCUT2D eigenvalue weighted by Crippen LogP contribution is 2.28. The number of amides is 2. The maximum Gasteiger partial charge on any atom is 0.275 e. The lowest BCUT2D eigenvalue weighted by Crippen LogP contribution is -2.32. The van der Waals surface area contributed by atoms with Crippen LogP contribution in [0.4, 0.5) is 5.69 Å². The number of rotatable bonds is 5. The molecule has 0 radical (unpaired) electrons. The van der Waals surface area contributed by atoms with E-state index in [-0.39, 0.29) is 11.8 Å². The summed E-state index contributed by atoms with van der Waals surface area (Å²) in [5, 5.41) is 10.5. The van der Waals surface area contributed by atoms with Crippen molar-refractivity contribution in [2.45, 2.75) is 31.7 Å². The van der Waals surface area contributed by atoms with E-state index in [9.17, 15) is 9.59 Å². The van der Waals surface area contributed by atoms with Gasteiger partial charge in [-0.3, -0.25) is 9.59 Å². The minimum absolute atomic E-state index is 0.0557. The maximum absolute atomic E-state index is 12.4. The zero-order chi connectivity index (χ0) is 18.6. The number of benzene rings is 1. The molecule has 2 heterocycles. The van der Waals surface area contributed by atoms with Gasteiger partial charge in [0.25, 0.3) is 11.8 Å². The quantitative estimate of drug-likeness (QED) is 0.650. The van der Waals surface area contributed by atoms with Crippen LogP contribution in [0.2, 0.25) is 0 Å². The lowest BCUT2D eigenvalue weighted by molar-refractivity contribution is 0.0937. The Morgan fingerprint density at radius 3 is 2.48 bits per heavy atom. The Hall–Kier alpha value is -2.51. The SMILES string of the molecule is O=C(NC1CCCC1)c1ccc(NC(=O)c2csc(-c3cccs3)n2)cc1. The second-order valence-corrected chi connectivity index (χ2v) is 8.31. The summed E-state index contributed by atoms with van der Waals surface area (Å²) in [6.07, 6.45) is 4.48. The summed E-state index contributed by atoms with van der Waals surface area (Å²) in [4.78, 5) is 30.1. The topological polar surface area (TPSA) is 71.1 Å². The van der Waals surface area contributed by atoms with Gasteiger partial charge in [-0.25, -0.2) is 4.98 Å². The number of nitrogens with zero attached hydrogens (tertiary/aromatic N) is 1. The van der Waals surface area contributed by atoms with Crippen LogP contribution in [0.25, 0.3) is 9.88 Å². The molecule has 3 aromatic rings. The predicted molar refractivity (Wildman–Crippen MR) is 110 cm³/mol. The van der Waals surface area contributed by atoms with Gasteiger partial charge < -0.3 is 10.6 Å². The van der Waals surface area contributed by atoms with Crippen LogP contribution in [-0.4, -0.2) is 22.8 Å². The highest BCUT2D eigenvalue weighted by Gasteiger charge is 2.18. The summed E-state index contributed by atoms with van der Waals surface area (Å²) in [5.74, 6) is -0.308. The third-order valence-electron chi connectivity index (χ3n) is 4.56. The highest BCUT2D eigenvalue weighted by atomic mass is 32.1. The summed E-state index contributed by atoms with van der Waals surface area (Å²) in [6, 6.07) is 11.2. The van der Waals surface area contributed by atoms with Crippen LogP contribution in [0.5, 0.6) is 0 Å². The molecule has 2 aromatic heterocycles. The van der Waals surface area contributed by atoms with Gasteiger partial charge in [-0.05, 0) is 48.6 Å². The first kappa shape index (κ1) is 17.9. The normalized spacial score (nSPS) is 14.2. The summed E-state index contributed by atoms with van der Waals surface area (Å²) in [7, 11) is 0. The minimum atomic E-state index is -0.253. The van der Waals surface area contributed by atoms with Crippen LogP contribution in [0, 0.1) is 0 Å². The van der Waals surface area contributed by atoms with Gasteiger partial charge in [-0.15, -0.1) is 22.7 Å². The van der Waals surface area contributed by atoms with Gasteiger partial charge in [-0.1, -0.05) is 18.9 Å². The Bertz CT molecular complexity index is 927. The molecule has 1 aliphatic carbocycles. The molecule has 2 amide bonds. The molecule has 0 bridgehead atoms. The molecule has 1 aliphatic rings. The van der Waals surface area contributed by atoms with Crippen molar-refractivity contribution in [2.75, 3.05) is 5.32 Å². The molecule has 5 nitrogen and oxygen atoms in total. The fourth-order valence-electron chi connectivity index (χ4n) is 3.13. The summed E-state index contributed by atoms with van der Waals surface area (Å²) >= 11 is 3.05. The molecule has 0 unspecified atom stereocenters. The van der Waals surface area contributed by atoms with E-state index in [1.165, 1.54) is 24.2 Å². The molecule has 1 aromatic carbocycles. The molecule has 1 fully saturated rings. The number of nitrogens with one attached hydrogen (secondary N) is 2. The molecular formula is C20H19N3O2S2. The van der Waals surface area contributed by atoms with E-state index in [0.29, 0.717) is 23.0 Å². The van der Waals surface area contributed by atoms with Crippen LogP contribution in [0.1, 0.15) is 46.5 Å². The van der Waals surface area contributed by atoms with Crippen LogP contribution in [0.15, 0.2) is 47.2 Å². The second-order valence-electron chi connectivity index (χ2n) is 6.50. The standard InChI is InChI=1S/C20H19N3O2S2/c24-18(21-14-4-1-2-5-14)13-7-9-15(10-8-13)22-19(25)16-12-27-20(23-16)17-6-3-11-26-17/h3,6-12,14H,1-2,4-5H2,(H,21,24)(H,22,25). The first-order valence-electron chi connectivity index (χ1n) is 8.91. The van der Waals surface area contributed by atoms with E-state index < -0.39 is 0 Å². The fraction of sp³-hybridized carbons (Fsp3) is 0.250. The van der Waals surface area contributed by atoms with Gasteiger partial charge in [0.15, 0.2) is 0 Å². The van der Waals surface area contributed by atoms with Crippen LogP contribution in [-0.2, 0) is 0 Å². The number of anilines is 1. The number of hydrogen-bond donors (Lipinski definition) is 2. The molecule has 0 saturated heterocycles. The molecule has 7 heteroatoms. The highest BCUT2D eigenvalue weighted by molar-refractivity contribution is 7.20. The third kappa shape index (κ3) is 4.26. The number of carbonyl (C=O) groups is 2. The van der Waals surface area contributed by atoms with Crippen LogP contribution in [0.3, 0.4) is 0 Å². The monoisotopic (exact) mass is 397 g/mol. The molecule has 0 aliphatic heterocycles. The smallest absolute Gasteiger partial charge is 0.275 e. The Balaban J connectivity index is 1.38. The minimum Gasteiger partial charge on any atom is -0.349 e. The van der Waals surface area contributed by atoms with Crippen molar-refractivity contribution in [1.82, 2.24) is 10.3 Å². The first-order valence-corrected chi connectivity index (χ1v) is 10.7. The van der Waals surface area contributed by atoms with E-state index in [1.807, 2.05) is 17.5 Å². The number of thiophene rings is 1. The molecular weight excluding hydrogens is 378 g/mol. The van der Waals surface area contributed by atoms with Crippen LogP contribution >= 0.6 is 22.7 Å². The molecule has 0 spiro atoms. The van der Waals surface area contributed by atoms with Crippen molar-refractivity contribution in [1.29, 1.82) is 0 Å². The van der Waals surface area contributed by atoms with Crippen molar-refractivity contribution >= 4 is 40.2 Å². The van der Waals surface area contributed by atoms with E-state index >= 15 is 0 Å². The van der Waals surface area contributed by atoms with Gasteiger partial charge >= 0.3 is 0 Å². The van der Waals surface area contributed by atoms with Crippen molar-refractivity contribution in [3.63, 3.8) is 0 Å². The molecule has 4 rings (SSSR count). The summed E-state index contributed by atoms with van der Waals surface area (Å²) < 4.78 is 0. The fourth-order valence-corrected chi connectivity index (χ4v) is 4.74. The van der Waals surface area contributed by atoms with Crippen molar-refractivity contribution in [3.8, 4) is 9.88 Å². The van der Waals surface area contributed by atoms with Crippen molar-refractivity contribution in [3.05, 3.63) is 58.4 Å². The van der Waals surface area contributed by atoms with Crippen molar-refractivity contribution < 1.29 is 9.59 Å². The molecule has 138 valence electrons. The zero-order valence-electron chi connectivity index (χ0n) is 14.6. The van der Waals surface area contributed by atoms with Gasteiger partial charge in [0.1, 0.15) is 10.7 Å².